The Balaban J connectivity index is 1.54. The van der Waals surface area contributed by atoms with Gasteiger partial charge in [0.25, 0.3) is 5.56 Å². The molecule has 1 aromatic carbocycles. The number of likely N-dealkylation sites (tertiary alicyclic amines) is 1. The summed E-state index contributed by atoms with van der Waals surface area (Å²) in [5, 5.41) is 6.71. The van der Waals surface area contributed by atoms with E-state index in [4.69, 9.17) is 10.1 Å². The first kappa shape index (κ1) is 23.5. The number of fused-ring (bicyclic) bond motifs is 1. The fraction of sp³-hybridized carbons (Fsp3) is 0.407. The molecule has 0 aliphatic carbocycles. The first-order chi connectivity index (χ1) is 16.7. The van der Waals surface area contributed by atoms with Crippen molar-refractivity contribution in [2.45, 2.75) is 53.9 Å². The molecule has 0 radical (unpaired) electrons. The number of rotatable bonds is 4. The normalized spacial score (nSPS) is 14.7. The number of thiazole rings is 1. The molecule has 7 nitrogen and oxygen atoms in total. The van der Waals surface area contributed by atoms with Gasteiger partial charge in [0.05, 0.1) is 23.4 Å². The van der Waals surface area contributed by atoms with Crippen LogP contribution in [0.15, 0.2) is 34.4 Å². The number of aryl methyl sites for hydroxylation is 4. The number of hydrogen-bond acceptors (Lipinski definition) is 5. The highest BCUT2D eigenvalue weighted by Gasteiger charge is 2.24. The number of hydrogen-bond donors (Lipinski definition) is 0. The maximum Gasteiger partial charge on any atom is 0.268 e. The second-order valence-corrected chi connectivity index (χ2v) is 10.7. The highest BCUT2D eigenvalue weighted by molar-refractivity contribution is 7.15. The molecular weight excluding hydrogens is 458 g/mol. The van der Waals surface area contributed by atoms with E-state index in [9.17, 15) is 9.59 Å². The summed E-state index contributed by atoms with van der Waals surface area (Å²) >= 11 is 1.40. The molecule has 0 atom stereocenters. The largest absolute Gasteiger partial charge is 0.342 e. The van der Waals surface area contributed by atoms with E-state index in [1.54, 1.807) is 4.40 Å². The smallest absolute Gasteiger partial charge is 0.268 e. The van der Waals surface area contributed by atoms with Crippen LogP contribution >= 0.6 is 11.3 Å². The summed E-state index contributed by atoms with van der Waals surface area (Å²) in [6.07, 6.45) is 2.27. The number of carbonyl (C=O) groups excluding carboxylic acids is 1. The third-order valence-corrected chi connectivity index (χ3v) is 7.90. The molecule has 4 heterocycles. The Morgan fingerprint density at radius 1 is 1.11 bits per heavy atom. The van der Waals surface area contributed by atoms with Crippen molar-refractivity contribution in [3.8, 4) is 16.9 Å². The summed E-state index contributed by atoms with van der Waals surface area (Å²) in [5.74, 6) is 0.728. The number of amides is 1. The Kier molecular flexibility index (Phi) is 6.09. The van der Waals surface area contributed by atoms with Crippen LogP contribution in [0.5, 0.6) is 0 Å². The Morgan fingerprint density at radius 2 is 1.86 bits per heavy atom. The molecule has 182 valence electrons. The molecule has 5 rings (SSSR count). The lowest BCUT2D eigenvalue weighted by Crippen LogP contribution is -2.39. The number of piperidine rings is 1. The molecule has 35 heavy (non-hydrogen) atoms. The minimum absolute atomic E-state index is 0.0701. The summed E-state index contributed by atoms with van der Waals surface area (Å²) in [6, 6.07) is 8.20. The van der Waals surface area contributed by atoms with Gasteiger partial charge >= 0.3 is 0 Å². The predicted molar refractivity (Wildman–Crippen MR) is 140 cm³/mol. The molecule has 0 unspecified atom stereocenters. The van der Waals surface area contributed by atoms with Crippen molar-refractivity contribution in [3.05, 3.63) is 68.2 Å². The van der Waals surface area contributed by atoms with Crippen LogP contribution in [0.4, 0.5) is 0 Å². The van der Waals surface area contributed by atoms with Gasteiger partial charge < -0.3 is 4.90 Å². The second kappa shape index (κ2) is 9.07. The summed E-state index contributed by atoms with van der Waals surface area (Å²) in [7, 11) is 0. The van der Waals surface area contributed by atoms with Crippen LogP contribution < -0.4 is 5.56 Å². The summed E-state index contributed by atoms with van der Waals surface area (Å²) in [5.41, 5.74) is 6.45. The van der Waals surface area contributed by atoms with E-state index in [1.807, 2.05) is 34.9 Å². The molecular formula is C27H31N5O2S. The maximum atomic E-state index is 13.8. The van der Waals surface area contributed by atoms with Crippen molar-refractivity contribution in [1.82, 2.24) is 24.1 Å². The average molecular weight is 490 g/mol. The van der Waals surface area contributed by atoms with Gasteiger partial charge in [-0.15, -0.1) is 11.3 Å². The van der Waals surface area contributed by atoms with Crippen molar-refractivity contribution in [2.24, 2.45) is 5.92 Å². The van der Waals surface area contributed by atoms with Crippen molar-refractivity contribution in [2.75, 3.05) is 13.1 Å². The highest BCUT2D eigenvalue weighted by atomic mass is 32.1. The molecule has 0 N–H and O–H groups in total. The fourth-order valence-corrected chi connectivity index (χ4v) is 5.76. The van der Waals surface area contributed by atoms with Gasteiger partial charge in [-0.2, -0.15) is 5.10 Å². The third kappa shape index (κ3) is 4.31. The lowest BCUT2D eigenvalue weighted by atomic mass is 9.99. The van der Waals surface area contributed by atoms with Crippen LogP contribution in [-0.2, 0) is 11.2 Å². The summed E-state index contributed by atoms with van der Waals surface area (Å²) in [6.45, 7) is 11.8. The van der Waals surface area contributed by atoms with Gasteiger partial charge in [0.15, 0.2) is 4.96 Å². The Morgan fingerprint density at radius 3 is 2.60 bits per heavy atom. The highest BCUT2D eigenvalue weighted by Crippen LogP contribution is 2.25. The summed E-state index contributed by atoms with van der Waals surface area (Å²) < 4.78 is 3.49. The predicted octanol–water partition coefficient (Wildman–Crippen LogP) is 4.64. The average Bonchev–Trinajstić information content (AvgIpc) is 3.39. The van der Waals surface area contributed by atoms with Crippen molar-refractivity contribution >= 4 is 22.2 Å². The molecule has 1 fully saturated rings. The number of benzene rings is 1. The molecule has 1 saturated heterocycles. The van der Waals surface area contributed by atoms with Gasteiger partial charge in [0, 0.05) is 29.9 Å². The zero-order chi connectivity index (χ0) is 24.9. The van der Waals surface area contributed by atoms with Crippen molar-refractivity contribution < 1.29 is 4.79 Å². The van der Waals surface area contributed by atoms with Gasteiger partial charge in [0.2, 0.25) is 5.91 Å². The molecule has 8 heteroatoms. The monoisotopic (exact) mass is 489 g/mol. The van der Waals surface area contributed by atoms with E-state index < -0.39 is 0 Å². The number of nitrogens with zero attached hydrogens (tertiary/aromatic N) is 5. The van der Waals surface area contributed by atoms with E-state index in [1.165, 1.54) is 11.3 Å². The van der Waals surface area contributed by atoms with Gasteiger partial charge in [-0.05, 0) is 69.7 Å². The van der Waals surface area contributed by atoms with Crippen LogP contribution in [0.2, 0.25) is 0 Å². The van der Waals surface area contributed by atoms with Crippen LogP contribution in [0.1, 0.15) is 48.0 Å². The van der Waals surface area contributed by atoms with E-state index in [2.05, 4.69) is 39.0 Å². The molecule has 0 saturated carbocycles. The minimum atomic E-state index is -0.172. The van der Waals surface area contributed by atoms with E-state index in [0.717, 1.165) is 48.4 Å². The number of carbonyl (C=O) groups is 1. The quantitative estimate of drug-likeness (QED) is 0.419. The fourth-order valence-electron chi connectivity index (χ4n) is 4.84. The van der Waals surface area contributed by atoms with E-state index >= 15 is 0 Å². The molecule has 1 amide bonds. The molecule has 3 aromatic heterocycles. The Labute approximate surface area is 209 Å². The van der Waals surface area contributed by atoms with Gasteiger partial charge in [0.1, 0.15) is 5.69 Å². The first-order valence-corrected chi connectivity index (χ1v) is 13.0. The van der Waals surface area contributed by atoms with Crippen LogP contribution in [0.3, 0.4) is 0 Å². The van der Waals surface area contributed by atoms with Gasteiger partial charge in [-0.1, -0.05) is 19.1 Å². The molecule has 1 aliphatic rings. The SMILES string of the molecule is Cc1ccc(C)c(-n2nc(-c3c(C)nc4scc(CC(=O)N5CCC(C)CC5)n4c3=O)cc2C)c1. The maximum absolute atomic E-state index is 13.8. The number of aromatic nitrogens is 4. The summed E-state index contributed by atoms with van der Waals surface area (Å²) in [4.78, 5) is 34.0. The first-order valence-electron chi connectivity index (χ1n) is 12.1. The zero-order valence-corrected chi connectivity index (χ0v) is 21.8. The Hall–Kier alpha value is -3.26. The van der Waals surface area contributed by atoms with Gasteiger partial charge in [-0.3, -0.25) is 14.0 Å². The lowest BCUT2D eigenvalue weighted by Gasteiger charge is -2.30. The molecule has 4 aromatic rings. The van der Waals surface area contributed by atoms with Crippen molar-refractivity contribution in [3.63, 3.8) is 0 Å². The molecule has 1 aliphatic heterocycles. The molecule has 0 spiro atoms. The lowest BCUT2D eigenvalue weighted by molar-refractivity contribution is -0.131. The third-order valence-electron chi connectivity index (χ3n) is 7.03. The minimum Gasteiger partial charge on any atom is -0.342 e. The van der Waals surface area contributed by atoms with Crippen LogP contribution in [-0.4, -0.2) is 43.1 Å². The topological polar surface area (TPSA) is 72.5 Å². The zero-order valence-electron chi connectivity index (χ0n) is 21.0. The second-order valence-electron chi connectivity index (χ2n) is 9.84. The molecule has 0 bridgehead atoms. The van der Waals surface area contributed by atoms with Gasteiger partial charge in [-0.25, -0.2) is 9.67 Å². The Bertz CT molecular complexity index is 1490. The van der Waals surface area contributed by atoms with Crippen LogP contribution in [0.25, 0.3) is 21.9 Å². The standard InChI is InChI=1S/C27H31N5O2S/c1-16-8-10-30(11-9-16)24(33)14-21-15-35-27-28-20(5)25(26(34)31(21)27)22-13-19(4)32(29-22)23-12-17(2)6-7-18(23)3/h6-7,12-13,15-16H,8-11,14H2,1-5H3. The van der Waals surface area contributed by atoms with Crippen molar-refractivity contribution in [1.29, 1.82) is 0 Å². The van der Waals surface area contributed by atoms with E-state index in [0.29, 0.717) is 33.5 Å². The van der Waals surface area contributed by atoms with Crippen LogP contribution in [0, 0.1) is 33.6 Å². The van der Waals surface area contributed by atoms with E-state index in [-0.39, 0.29) is 17.9 Å².